The maximum atomic E-state index is 12.0. The van der Waals surface area contributed by atoms with E-state index in [1.54, 1.807) is 17.2 Å². The van der Waals surface area contributed by atoms with Crippen molar-refractivity contribution in [3.05, 3.63) is 12.3 Å². The molecule has 1 saturated heterocycles. The van der Waals surface area contributed by atoms with Gasteiger partial charge in [-0.3, -0.25) is 4.79 Å². The second-order valence-corrected chi connectivity index (χ2v) is 6.42. The van der Waals surface area contributed by atoms with Crippen molar-refractivity contribution in [1.82, 2.24) is 9.80 Å². The summed E-state index contributed by atoms with van der Waals surface area (Å²) < 4.78 is 5.33. The topological polar surface area (TPSA) is 49.9 Å². The maximum absolute atomic E-state index is 12.0. The number of nitrogens with zero attached hydrogens (tertiary/aromatic N) is 2. The van der Waals surface area contributed by atoms with Crippen LogP contribution in [0.3, 0.4) is 0 Å². The predicted molar refractivity (Wildman–Crippen MR) is 78.4 cm³/mol. The SMILES string of the molecule is CN(C)/C=C\C(=O)C1CCN(C(=O)OC(C)(C)C)CC1. The van der Waals surface area contributed by atoms with Crippen LogP contribution in [-0.2, 0) is 9.53 Å². The number of rotatable bonds is 3. The van der Waals surface area contributed by atoms with Gasteiger partial charge < -0.3 is 14.5 Å². The van der Waals surface area contributed by atoms with E-state index in [4.69, 9.17) is 4.74 Å². The highest BCUT2D eigenvalue weighted by Crippen LogP contribution is 2.20. The Balaban J connectivity index is 2.44. The molecule has 20 heavy (non-hydrogen) atoms. The van der Waals surface area contributed by atoms with Gasteiger partial charge in [-0.15, -0.1) is 0 Å². The lowest BCUT2D eigenvalue weighted by molar-refractivity contribution is -0.119. The molecule has 0 saturated carbocycles. The second-order valence-electron chi connectivity index (χ2n) is 6.42. The Kier molecular flexibility index (Phi) is 5.60. The van der Waals surface area contributed by atoms with E-state index in [9.17, 15) is 9.59 Å². The van der Waals surface area contributed by atoms with Crippen LogP contribution in [-0.4, -0.2) is 54.5 Å². The predicted octanol–water partition coefficient (Wildman–Crippen LogP) is 2.28. The lowest BCUT2D eigenvalue weighted by Crippen LogP contribution is -2.42. The summed E-state index contributed by atoms with van der Waals surface area (Å²) >= 11 is 0. The molecule has 1 aliphatic rings. The Bertz CT molecular complexity index is 375. The quantitative estimate of drug-likeness (QED) is 0.745. The summed E-state index contributed by atoms with van der Waals surface area (Å²) in [7, 11) is 3.77. The van der Waals surface area contributed by atoms with E-state index < -0.39 is 5.60 Å². The zero-order valence-electron chi connectivity index (χ0n) is 13.2. The average Bonchev–Trinajstić information content (AvgIpc) is 2.34. The molecule has 1 aliphatic heterocycles. The normalized spacial score (nSPS) is 17.4. The molecule has 0 unspecified atom stereocenters. The van der Waals surface area contributed by atoms with Gasteiger partial charge in [0.1, 0.15) is 5.60 Å². The molecule has 5 nitrogen and oxygen atoms in total. The molecule has 0 bridgehead atoms. The number of carbonyl (C=O) groups excluding carboxylic acids is 2. The molecule has 0 N–H and O–H groups in total. The van der Waals surface area contributed by atoms with Crippen molar-refractivity contribution < 1.29 is 14.3 Å². The molecule has 0 radical (unpaired) electrons. The number of ether oxygens (including phenoxy) is 1. The Morgan fingerprint density at radius 3 is 2.20 bits per heavy atom. The molecule has 1 rings (SSSR count). The van der Waals surface area contributed by atoms with Crippen molar-refractivity contribution in [2.24, 2.45) is 5.92 Å². The third-order valence-electron chi connectivity index (χ3n) is 3.09. The van der Waals surface area contributed by atoms with Crippen LogP contribution in [0.4, 0.5) is 4.79 Å². The Hall–Kier alpha value is -1.52. The Labute approximate surface area is 121 Å². The number of hydrogen-bond acceptors (Lipinski definition) is 4. The first-order chi connectivity index (χ1) is 9.19. The summed E-state index contributed by atoms with van der Waals surface area (Å²) in [5.74, 6) is 0.160. The second kappa shape index (κ2) is 6.77. The molecule has 5 heteroatoms. The standard InChI is InChI=1S/C15H26N2O3/c1-15(2,3)20-14(19)17-10-6-12(7-11-17)13(18)8-9-16(4)5/h8-9,12H,6-7,10-11H2,1-5H3/b9-8-. The molecule has 0 aliphatic carbocycles. The summed E-state index contributed by atoms with van der Waals surface area (Å²) in [4.78, 5) is 27.4. The van der Waals surface area contributed by atoms with Gasteiger partial charge in [-0.2, -0.15) is 0 Å². The zero-order valence-corrected chi connectivity index (χ0v) is 13.2. The molecule has 1 heterocycles. The molecule has 0 aromatic carbocycles. The highest BCUT2D eigenvalue weighted by Gasteiger charge is 2.28. The van der Waals surface area contributed by atoms with E-state index >= 15 is 0 Å². The molecule has 0 aromatic heterocycles. The first-order valence-corrected chi connectivity index (χ1v) is 7.05. The van der Waals surface area contributed by atoms with E-state index in [0.29, 0.717) is 25.9 Å². The fourth-order valence-electron chi connectivity index (χ4n) is 2.03. The van der Waals surface area contributed by atoms with Crippen LogP contribution in [0.5, 0.6) is 0 Å². The maximum Gasteiger partial charge on any atom is 0.410 e. The zero-order chi connectivity index (χ0) is 15.3. The number of carbonyl (C=O) groups is 2. The number of piperidine rings is 1. The van der Waals surface area contributed by atoms with Gasteiger partial charge in [0.05, 0.1) is 0 Å². The van der Waals surface area contributed by atoms with E-state index in [0.717, 1.165) is 0 Å². The minimum Gasteiger partial charge on any atom is -0.444 e. The summed E-state index contributed by atoms with van der Waals surface area (Å²) in [5, 5.41) is 0. The monoisotopic (exact) mass is 282 g/mol. The molecule has 114 valence electrons. The number of likely N-dealkylation sites (tertiary alicyclic amines) is 1. The van der Waals surface area contributed by atoms with Crippen molar-refractivity contribution >= 4 is 11.9 Å². The van der Waals surface area contributed by atoms with E-state index in [1.165, 1.54) is 0 Å². The van der Waals surface area contributed by atoms with Crippen molar-refractivity contribution in [3.8, 4) is 0 Å². The molecule has 1 fully saturated rings. The third-order valence-corrected chi connectivity index (χ3v) is 3.09. The molecule has 0 spiro atoms. The van der Waals surface area contributed by atoms with Gasteiger partial charge in [0.2, 0.25) is 0 Å². The minimum atomic E-state index is -0.474. The van der Waals surface area contributed by atoms with Crippen molar-refractivity contribution in [2.75, 3.05) is 27.2 Å². The van der Waals surface area contributed by atoms with E-state index in [-0.39, 0.29) is 17.8 Å². The fourth-order valence-corrected chi connectivity index (χ4v) is 2.03. The average molecular weight is 282 g/mol. The number of ketones is 1. The summed E-state index contributed by atoms with van der Waals surface area (Å²) in [6.07, 6.45) is 4.51. The van der Waals surface area contributed by atoms with Gasteiger partial charge in [0.25, 0.3) is 0 Å². The van der Waals surface area contributed by atoms with E-state index in [1.807, 2.05) is 39.8 Å². The first kappa shape index (κ1) is 16.5. The number of allylic oxidation sites excluding steroid dienone is 1. The van der Waals surface area contributed by atoms with Gasteiger partial charge in [-0.25, -0.2) is 4.79 Å². The van der Waals surface area contributed by atoms with Crippen molar-refractivity contribution in [2.45, 2.75) is 39.2 Å². The highest BCUT2D eigenvalue weighted by molar-refractivity contribution is 5.91. The van der Waals surface area contributed by atoms with E-state index in [2.05, 4.69) is 0 Å². The van der Waals surface area contributed by atoms with Gasteiger partial charge in [0.15, 0.2) is 5.78 Å². The van der Waals surface area contributed by atoms with Crippen molar-refractivity contribution in [3.63, 3.8) is 0 Å². The largest absolute Gasteiger partial charge is 0.444 e. The lowest BCUT2D eigenvalue weighted by atomic mass is 9.92. The van der Waals surface area contributed by atoms with Gasteiger partial charge >= 0.3 is 6.09 Å². The fraction of sp³-hybridized carbons (Fsp3) is 0.733. The molecular formula is C15H26N2O3. The third kappa shape index (κ3) is 5.63. The van der Waals surface area contributed by atoms with Crippen LogP contribution in [0.25, 0.3) is 0 Å². The van der Waals surface area contributed by atoms with Crippen LogP contribution in [0.2, 0.25) is 0 Å². The number of amides is 1. The van der Waals surface area contributed by atoms with Gasteiger partial charge in [-0.05, 0) is 39.7 Å². The van der Waals surface area contributed by atoms with Gasteiger partial charge in [-0.1, -0.05) is 0 Å². The number of hydrogen-bond donors (Lipinski definition) is 0. The minimum absolute atomic E-state index is 0.0184. The molecule has 0 aromatic rings. The van der Waals surface area contributed by atoms with Gasteiger partial charge in [0, 0.05) is 39.3 Å². The lowest BCUT2D eigenvalue weighted by Gasteiger charge is -2.32. The summed E-state index contributed by atoms with van der Waals surface area (Å²) in [5.41, 5.74) is -0.474. The first-order valence-electron chi connectivity index (χ1n) is 7.05. The van der Waals surface area contributed by atoms with Crippen LogP contribution in [0.1, 0.15) is 33.6 Å². The Morgan fingerprint density at radius 1 is 1.20 bits per heavy atom. The van der Waals surface area contributed by atoms with Crippen LogP contribution < -0.4 is 0 Å². The highest BCUT2D eigenvalue weighted by atomic mass is 16.6. The van der Waals surface area contributed by atoms with Crippen LogP contribution in [0.15, 0.2) is 12.3 Å². The molecule has 0 atom stereocenters. The van der Waals surface area contributed by atoms with Crippen LogP contribution >= 0.6 is 0 Å². The van der Waals surface area contributed by atoms with Crippen LogP contribution in [0, 0.1) is 5.92 Å². The summed E-state index contributed by atoms with van der Waals surface area (Å²) in [6.45, 7) is 6.73. The Morgan fingerprint density at radius 2 is 1.75 bits per heavy atom. The van der Waals surface area contributed by atoms with Crippen molar-refractivity contribution in [1.29, 1.82) is 0 Å². The summed E-state index contributed by atoms with van der Waals surface area (Å²) in [6, 6.07) is 0. The smallest absolute Gasteiger partial charge is 0.410 e. The molecular weight excluding hydrogens is 256 g/mol. The molecule has 1 amide bonds.